The summed E-state index contributed by atoms with van der Waals surface area (Å²) in [5, 5.41) is 4.44. The second-order valence-electron chi connectivity index (χ2n) is 15.4. The van der Waals surface area contributed by atoms with Crippen LogP contribution in [0.25, 0.3) is 117 Å². The topological polar surface area (TPSA) is 85.2 Å². The van der Waals surface area contributed by atoms with Crippen LogP contribution in [0.2, 0.25) is 0 Å². The van der Waals surface area contributed by atoms with E-state index in [0.29, 0.717) is 23.3 Å². The van der Waals surface area contributed by atoms with Crippen molar-refractivity contribution < 1.29 is 0 Å². The highest BCUT2D eigenvalue weighted by atomic mass is 15.0. The molecule has 7 nitrogen and oxygen atoms in total. The van der Waals surface area contributed by atoms with Crippen molar-refractivity contribution in [3.05, 3.63) is 206 Å². The first-order valence-corrected chi connectivity index (χ1v) is 20.7. The molecule has 0 saturated heterocycles. The Bertz CT molecular complexity index is 3560. The van der Waals surface area contributed by atoms with Gasteiger partial charge in [0.1, 0.15) is 5.65 Å². The molecule has 0 fully saturated rings. The third-order valence-electron chi connectivity index (χ3n) is 11.6. The molecule has 0 aliphatic heterocycles. The fourth-order valence-corrected chi connectivity index (χ4v) is 8.65. The van der Waals surface area contributed by atoms with Crippen LogP contribution >= 0.6 is 0 Å². The van der Waals surface area contributed by atoms with Gasteiger partial charge in [-0.05, 0) is 53.6 Å². The Hall–Kier alpha value is -8.55. The Balaban J connectivity index is 0.987. The number of H-pyrrole nitrogens is 1. The molecule has 290 valence electrons. The third kappa shape index (κ3) is 6.11. The first-order chi connectivity index (χ1) is 30.7. The van der Waals surface area contributed by atoms with Crippen LogP contribution in [0, 0.1) is 0 Å². The molecule has 7 heteroatoms. The molecule has 0 amide bonds. The highest BCUT2D eigenvalue weighted by Gasteiger charge is 2.19. The van der Waals surface area contributed by atoms with Gasteiger partial charge in [-0.3, -0.25) is 0 Å². The number of rotatable bonds is 7. The van der Waals surface area contributed by atoms with E-state index in [2.05, 4.69) is 131 Å². The summed E-state index contributed by atoms with van der Waals surface area (Å²) in [6.07, 6.45) is 0. The predicted molar refractivity (Wildman–Crippen MR) is 252 cm³/mol. The maximum absolute atomic E-state index is 5.19. The minimum atomic E-state index is 0.618. The van der Waals surface area contributed by atoms with E-state index in [9.17, 15) is 0 Å². The smallest absolute Gasteiger partial charge is 0.164 e. The van der Waals surface area contributed by atoms with E-state index in [0.717, 1.165) is 83.3 Å². The molecule has 0 saturated carbocycles. The zero-order valence-electron chi connectivity index (χ0n) is 33.3. The molecular weight excluding hydrogens is 759 g/mol. The number of aromatic nitrogens is 7. The molecule has 1 N–H and O–H groups in total. The van der Waals surface area contributed by atoms with E-state index >= 15 is 0 Å². The monoisotopic (exact) mass is 793 g/mol. The standard InChI is InChI=1S/C55H35N7/c1-5-16-35(17-6-1)50-49-45-34-39(28-30-46(45)56-55(49)61-51(57-50)36-18-7-2-8-19-36)40-29-31-48-44(33-40)43-26-13-14-27-47(43)62(48)42-25-15-24-41(32-42)54-59-52(37-20-9-3-10-21-37)58-53(60-54)38-22-11-4-12-23-38/h1-34H,(H,56,57,61). The number of benzene rings is 8. The first kappa shape index (κ1) is 35.4. The van der Waals surface area contributed by atoms with Gasteiger partial charge in [-0.1, -0.05) is 164 Å². The second-order valence-corrected chi connectivity index (χ2v) is 15.4. The molecule has 0 spiro atoms. The van der Waals surface area contributed by atoms with Crippen LogP contribution in [0.15, 0.2) is 206 Å². The third-order valence-corrected chi connectivity index (χ3v) is 11.6. The molecule has 0 aliphatic carbocycles. The van der Waals surface area contributed by atoms with Crippen molar-refractivity contribution in [2.45, 2.75) is 0 Å². The van der Waals surface area contributed by atoms with Gasteiger partial charge in [0.25, 0.3) is 0 Å². The van der Waals surface area contributed by atoms with Crippen LogP contribution in [0.3, 0.4) is 0 Å². The Morgan fingerprint density at radius 3 is 1.47 bits per heavy atom. The molecule has 0 aliphatic rings. The molecule has 8 aromatic carbocycles. The number of para-hydroxylation sites is 1. The summed E-state index contributed by atoms with van der Waals surface area (Å²) in [5.41, 5.74) is 13.0. The SMILES string of the molecule is c1ccc(-c2nc(-c3ccccc3)nc(-c3cccc(-n4c5ccccc5c5cc(-c6ccc7[nH]c8nc(-c9ccccc9)nc(-c9ccccc9)c8c7c6)ccc54)c3)n2)cc1. The number of aromatic amines is 1. The van der Waals surface area contributed by atoms with Crippen molar-refractivity contribution in [1.29, 1.82) is 0 Å². The summed E-state index contributed by atoms with van der Waals surface area (Å²) in [6.45, 7) is 0. The number of hydrogen-bond donors (Lipinski definition) is 1. The lowest BCUT2D eigenvalue weighted by molar-refractivity contribution is 1.07. The van der Waals surface area contributed by atoms with Crippen molar-refractivity contribution in [2.75, 3.05) is 0 Å². The van der Waals surface area contributed by atoms with Gasteiger partial charge in [0, 0.05) is 55.2 Å². The Morgan fingerprint density at radius 2 is 0.823 bits per heavy atom. The molecule has 4 aromatic heterocycles. The largest absolute Gasteiger partial charge is 0.339 e. The summed E-state index contributed by atoms with van der Waals surface area (Å²) in [4.78, 5) is 28.8. The molecule has 0 atom stereocenters. The van der Waals surface area contributed by atoms with Crippen molar-refractivity contribution in [1.82, 2.24) is 34.5 Å². The lowest BCUT2D eigenvalue weighted by atomic mass is 9.99. The van der Waals surface area contributed by atoms with Gasteiger partial charge in [0.15, 0.2) is 23.3 Å². The van der Waals surface area contributed by atoms with Crippen molar-refractivity contribution in [3.8, 4) is 73.6 Å². The lowest BCUT2D eigenvalue weighted by Gasteiger charge is -2.12. The molecule has 0 unspecified atom stereocenters. The maximum Gasteiger partial charge on any atom is 0.164 e. The van der Waals surface area contributed by atoms with Crippen molar-refractivity contribution >= 4 is 43.7 Å². The maximum atomic E-state index is 5.19. The van der Waals surface area contributed by atoms with Crippen LogP contribution < -0.4 is 0 Å². The van der Waals surface area contributed by atoms with Crippen LogP contribution in [-0.2, 0) is 0 Å². The quantitative estimate of drug-likeness (QED) is 0.174. The zero-order valence-corrected chi connectivity index (χ0v) is 33.3. The van der Waals surface area contributed by atoms with E-state index in [-0.39, 0.29) is 0 Å². The summed E-state index contributed by atoms with van der Waals surface area (Å²) >= 11 is 0. The summed E-state index contributed by atoms with van der Waals surface area (Å²) in [7, 11) is 0. The fourth-order valence-electron chi connectivity index (χ4n) is 8.65. The minimum absolute atomic E-state index is 0.618. The first-order valence-electron chi connectivity index (χ1n) is 20.7. The van der Waals surface area contributed by atoms with E-state index < -0.39 is 0 Å². The average Bonchev–Trinajstić information content (AvgIpc) is 3.90. The van der Waals surface area contributed by atoms with Gasteiger partial charge in [-0.15, -0.1) is 0 Å². The number of nitrogens with one attached hydrogen (secondary N) is 1. The lowest BCUT2D eigenvalue weighted by Crippen LogP contribution is -2.01. The fraction of sp³-hybridized carbons (Fsp3) is 0. The van der Waals surface area contributed by atoms with Crippen LogP contribution in [0.1, 0.15) is 0 Å². The number of fused-ring (bicyclic) bond motifs is 6. The van der Waals surface area contributed by atoms with E-state index in [1.807, 2.05) is 84.9 Å². The highest BCUT2D eigenvalue weighted by molar-refractivity contribution is 6.14. The molecule has 4 heterocycles. The molecule has 0 bridgehead atoms. The van der Waals surface area contributed by atoms with Crippen LogP contribution in [-0.4, -0.2) is 34.5 Å². The van der Waals surface area contributed by atoms with E-state index in [1.165, 1.54) is 10.8 Å². The van der Waals surface area contributed by atoms with Gasteiger partial charge < -0.3 is 9.55 Å². The zero-order chi connectivity index (χ0) is 41.0. The van der Waals surface area contributed by atoms with Crippen molar-refractivity contribution in [3.63, 3.8) is 0 Å². The van der Waals surface area contributed by atoms with Crippen LogP contribution in [0.5, 0.6) is 0 Å². The Kier molecular flexibility index (Phi) is 8.35. The van der Waals surface area contributed by atoms with Gasteiger partial charge >= 0.3 is 0 Å². The highest BCUT2D eigenvalue weighted by Crippen LogP contribution is 2.39. The minimum Gasteiger partial charge on any atom is -0.339 e. The molecular formula is C55H35N7. The predicted octanol–water partition coefficient (Wildman–Crippen LogP) is 13.4. The summed E-state index contributed by atoms with van der Waals surface area (Å²) in [5.74, 6) is 2.58. The second kappa shape index (κ2) is 14.6. The Labute approximate surface area is 356 Å². The van der Waals surface area contributed by atoms with Crippen LogP contribution in [0.4, 0.5) is 0 Å². The van der Waals surface area contributed by atoms with Crippen molar-refractivity contribution in [2.24, 2.45) is 0 Å². The number of hydrogen-bond acceptors (Lipinski definition) is 5. The summed E-state index contributed by atoms with van der Waals surface area (Å²) < 4.78 is 2.34. The molecule has 62 heavy (non-hydrogen) atoms. The number of nitrogens with zero attached hydrogens (tertiary/aromatic N) is 6. The molecule has 12 aromatic rings. The van der Waals surface area contributed by atoms with E-state index in [4.69, 9.17) is 24.9 Å². The molecule has 0 radical (unpaired) electrons. The van der Waals surface area contributed by atoms with Gasteiger partial charge in [-0.2, -0.15) is 0 Å². The molecule has 12 rings (SSSR count). The normalized spacial score (nSPS) is 11.5. The van der Waals surface area contributed by atoms with Gasteiger partial charge in [0.2, 0.25) is 0 Å². The van der Waals surface area contributed by atoms with E-state index in [1.54, 1.807) is 0 Å². The average molecular weight is 794 g/mol. The van der Waals surface area contributed by atoms with Gasteiger partial charge in [-0.25, -0.2) is 24.9 Å². The summed E-state index contributed by atoms with van der Waals surface area (Å²) in [6, 6.07) is 71.3. The Morgan fingerprint density at radius 1 is 0.323 bits per heavy atom. The van der Waals surface area contributed by atoms with Gasteiger partial charge in [0.05, 0.1) is 22.1 Å².